The molecule has 0 aliphatic rings. The number of carbonyl (C=O) groups excluding carboxylic acids is 1. The summed E-state index contributed by atoms with van der Waals surface area (Å²) in [6.45, 7) is 9.11. The first-order chi connectivity index (χ1) is 10.3. The molecule has 1 aromatic rings. The van der Waals surface area contributed by atoms with E-state index in [0.717, 1.165) is 0 Å². The second kappa shape index (κ2) is 8.32. The number of hydrogen-bond donors (Lipinski definition) is 1. The Kier molecular flexibility index (Phi) is 7.07. The second-order valence-electron chi connectivity index (χ2n) is 5.24. The molecular weight excluding hydrogens is 305 g/mol. The Morgan fingerprint density at radius 3 is 2.41 bits per heavy atom. The third-order valence-electron chi connectivity index (χ3n) is 2.38. The number of benzene rings is 1. The average Bonchev–Trinajstić information content (AvgIpc) is 2.37. The van der Waals surface area contributed by atoms with E-state index in [1.165, 1.54) is 0 Å². The van der Waals surface area contributed by atoms with Crippen LogP contribution in [0.25, 0.3) is 0 Å². The lowest BCUT2D eigenvalue weighted by molar-refractivity contribution is 0.0376. The minimum atomic E-state index is -3.56. The van der Waals surface area contributed by atoms with Gasteiger partial charge in [-0.1, -0.05) is 12.1 Å². The van der Waals surface area contributed by atoms with Gasteiger partial charge in [-0.2, -0.15) is 0 Å². The van der Waals surface area contributed by atoms with Gasteiger partial charge in [-0.3, -0.25) is 4.52 Å². The van der Waals surface area contributed by atoms with Gasteiger partial charge in [0.15, 0.2) is 0 Å². The number of carbonyl (C=O) groups is 1. The first-order valence-electron chi connectivity index (χ1n) is 7.29. The minimum absolute atomic E-state index is 0.104. The first kappa shape index (κ1) is 18.7. The molecular formula is C15H24NO5P. The molecule has 1 atom stereocenters. The topological polar surface area (TPSA) is 73.9 Å². The van der Waals surface area contributed by atoms with E-state index in [0.29, 0.717) is 0 Å². The summed E-state index contributed by atoms with van der Waals surface area (Å²) in [6, 6.07) is 6.39. The molecule has 0 unspecified atom stereocenters. The first-order valence-corrected chi connectivity index (χ1v) is 8.83. The standard InChI is InChI=1S/C15H24NO5P/c1-6-19-22(18,16-11(2)3)21-14-10-8-7-9-13(14)15(17)20-12(4)5/h7-12H,6H2,1-5H3,(H,16,18)/t22-/m1/s1. The fraction of sp³-hybridized carbons (Fsp3) is 0.533. The summed E-state index contributed by atoms with van der Waals surface area (Å²) in [4.78, 5) is 12.1. The van der Waals surface area contributed by atoms with E-state index in [1.54, 1.807) is 45.0 Å². The van der Waals surface area contributed by atoms with E-state index < -0.39 is 13.7 Å². The third-order valence-corrected chi connectivity index (χ3v) is 4.25. The van der Waals surface area contributed by atoms with Crippen molar-refractivity contribution in [2.75, 3.05) is 6.61 Å². The smallest absolute Gasteiger partial charge is 0.458 e. The molecule has 0 heterocycles. The Hall–Kier alpha value is -1.36. The van der Waals surface area contributed by atoms with Crippen molar-refractivity contribution in [2.45, 2.75) is 46.8 Å². The zero-order valence-corrected chi connectivity index (χ0v) is 14.6. The van der Waals surface area contributed by atoms with Crippen molar-refractivity contribution in [1.82, 2.24) is 5.09 Å². The molecule has 0 amide bonds. The molecule has 124 valence electrons. The summed E-state index contributed by atoms with van der Waals surface area (Å²) in [6.07, 6.45) is -0.256. The van der Waals surface area contributed by atoms with Crippen molar-refractivity contribution in [3.05, 3.63) is 29.8 Å². The maximum atomic E-state index is 12.7. The number of para-hydroxylation sites is 1. The maximum Gasteiger partial charge on any atom is 0.458 e. The largest absolute Gasteiger partial charge is 0.459 e. The van der Waals surface area contributed by atoms with Gasteiger partial charge in [-0.15, -0.1) is 0 Å². The molecule has 1 rings (SSSR count). The fourth-order valence-electron chi connectivity index (χ4n) is 1.70. The quantitative estimate of drug-likeness (QED) is 0.578. The predicted molar refractivity (Wildman–Crippen MR) is 85.1 cm³/mol. The minimum Gasteiger partial charge on any atom is -0.459 e. The average molecular weight is 329 g/mol. The number of esters is 1. The van der Waals surface area contributed by atoms with Crippen LogP contribution in [0.3, 0.4) is 0 Å². The van der Waals surface area contributed by atoms with E-state index in [-0.39, 0.29) is 30.1 Å². The number of hydrogen-bond acceptors (Lipinski definition) is 5. The van der Waals surface area contributed by atoms with Gasteiger partial charge >= 0.3 is 13.7 Å². The molecule has 6 nitrogen and oxygen atoms in total. The molecule has 0 aromatic heterocycles. The summed E-state index contributed by atoms with van der Waals surface area (Å²) < 4.78 is 28.6. The van der Waals surface area contributed by atoms with Crippen LogP contribution in [-0.4, -0.2) is 24.7 Å². The molecule has 0 saturated carbocycles. The van der Waals surface area contributed by atoms with Crippen molar-refractivity contribution in [2.24, 2.45) is 0 Å². The van der Waals surface area contributed by atoms with Crippen LogP contribution < -0.4 is 9.61 Å². The monoisotopic (exact) mass is 329 g/mol. The Bertz CT molecular complexity index is 544. The molecule has 1 aromatic carbocycles. The van der Waals surface area contributed by atoms with Crippen LogP contribution in [0.5, 0.6) is 5.75 Å². The van der Waals surface area contributed by atoms with Gasteiger partial charge in [0.2, 0.25) is 0 Å². The highest BCUT2D eigenvalue weighted by atomic mass is 31.2. The molecule has 0 saturated heterocycles. The van der Waals surface area contributed by atoms with Crippen LogP contribution in [0.2, 0.25) is 0 Å². The third kappa shape index (κ3) is 5.79. The molecule has 7 heteroatoms. The van der Waals surface area contributed by atoms with Crippen LogP contribution in [0, 0.1) is 0 Å². The number of rotatable bonds is 8. The molecule has 0 spiro atoms. The molecule has 22 heavy (non-hydrogen) atoms. The van der Waals surface area contributed by atoms with Crippen LogP contribution in [0.1, 0.15) is 45.0 Å². The molecule has 0 bridgehead atoms. The van der Waals surface area contributed by atoms with Gasteiger partial charge in [0.25, 0.3) is 0 Å². The molecule has 0 radical (unpaired) electrons. The van der Waals surface area contributed by atoms with Crippen LogP contribution in [0.4, 0.5) is 0 Å². The maximum absolute atomic E-state index is 12.7. The summed E-state index contributed by atoms with van der Waals surface area (Å²) in [5.74, 6) is -0.365. The lowest BCUT2D eigenvalue weighted by Crippen LogP contribution is -2.24. The van der Waals surface area contributed by atoms with Crippen LogP contribution in [0.15, 0.2) is 24.3 Å². The normalized spacial score (nSPS) is 14.0. The van der Waals surface area contributed by atoms with Gasteiger partial charge in [0, 0.05) is 6.04 Å². The van der Waals surface area contributed by atoms with Gasteiger partial charge in [-0.25, -0.2) is 14.4 Å². The van der Waals surface area contributed by atoms with Crippen molar-refractivity contribution in [3.8, 4) is 5.75 Å². The Morgan fingerprint density at radius 1 is 1.23 bits per heavy atom. The van der Waals surface area contributed by atoms with Crippen LogP contribution in [-0.2, 0) is 13.8 Å². The van der Waals surface area contributed by atoms with E-state index in [2.05, 4.69) is 5.09 Å². The van der Waals surface area contributed by atoms with Crippen molar-refractivity contribution < 1.29 is 23.1 Å². The summed E-state index contributed by atoms with van der Waals surface area (Å²) in [5, 5.41) is 2.77. The van der Waals surface area contributed by atoms with Crippen LogP contribution >= 0.6 is 7.75 Å². The fourth-order valence-corrected chi connectivity index (χ4v) is 3.27. The van der Waals surface area contributed by atoms with E-state index in [4.69, 9.17) is 13.8 Å². The van der Waals surface area contributed by atoms with E-state index in [9.17, 15) is 9.36 Å². The van der Waals surface area contributed by atoms with Gasteiger partial charge in [0.1, 0.15) is 11.3 Å². The number of nitrogens with one attached hydrogen (secondary N) is 1. The Morgan fingerprint density at radius 2 is 1.86 bits per heavy atom. The zero-order valence-electron chi connectivity index (χ0n) is 13.7. The van der Waals surface area contributed by atoms with Crippen molar-refractivity contribution in [1.29, 1.82) is 0 Å². The Balaban J connectivity index is 3.05. The summed E-state index contributed by atoms with van der Waals surface area (Å²) in [7, 11) is -3.56. The lowest BCUT2D eigenvalue weighted by Gasteiger charge is -2.22. The summed E-state index contributed by atoms with van der Waals surface area (Å²) in [5.41, 5.74) is 0.210. The highest BCUT2D eigenvalue weighted by molar-refractivity contribution is 7.52. The number of ether oxygens (including phenoxy) is 1. The lowest BCUT2D eigenvalue weighted by atomic mass is 10.2. The molecule has 0 aliphatic heterocycles. The van der Waals surface area contributed by atoms with Gasteiger partial charge < -0.3 is 9.26 Å². The van der Waals surface area contributed by atoms with Gasteiger partial charge in [-0.05, 0) is 46.8 Å². The SMILES string of the molecule is CCO[P@](=O)(NC(C)C)Oc1ccccc1C(=O)OC(C)C. The van der Waals surface area contributed by atoms with E-state index in [1.807, 2.05) is 13.8 Å². The molecule has 0 fully saturated rings. The molecule has 1 N–H and O–H groups in total. The predicted octanol–water partition coefficient (Wildman–Crippen LogP) is 3.77. The molecule has 0 aliphatic carbocycles. The van der Waals surface area contributed by atoms with Crippen molar-refractivity contribution >= 4 is 13.7 Å². The summed E-state index contributed by atoms with van der Waals surface area (Å²) >= 11 is 0. The highest BCUT2D eigenvalue weighted by Crippen LogP contribution is 2.45. The highest BCUT2D eigenvalue weighted by Gasteiger charge is 2.29. The zero-order chi connectivity index (χ0) is 16.8. The van der Waals surface area contributed by atoms with Crippen molar-refractivity contribution in [3.63, 3.8) is 0 Å². The Labute approximate surface area is 131 Å². The second-order valence-corrected chi connectivity index (χ2v) is 6.93. The van der Waals surface area contributed by atoms with Gasteiger partial charge in [0.05, 0.1) is 12.7 Å². The van der Waals surface area contributed by atoms with E-state index >= 15 is 0 Å².